The number of nitriles is 1. The molecule has 2 aromatic rings. The number of hydrogen-bond acceptors (Lipinski definition) is 7. The quantitative estimate of drug-likeness (QED) is 0.573. The molecule has 8 nitrogen and oxygen atoms in total. The van der Waals surface area contributed by atoms with E-state index in [-0.39, 0.29) is 17.7 Å². The van der Waals surface area contributed by atoms with Crippen LogP contribution >= 0.6 is 0 Å². The van der Waals surface area contributed by atoms with Crippen molar-refractivity contribution in [2.24, 2.45) is 0 Å². The van der Waals surface area contributed by atoms with Crippen molar-refractivity contribution in [2.75, 3.05) is 25.2 Å². The highest BCUT2D eigenvalue weighted by molar-refractivity contribution is 6.04. The lowest BCUT2D eigenvalue weighted by molar-refractivity contribution is -0.121. The summed E-state index contributed by atoms with van der Waals surface area (Å²) in [6, 6.07) is 11.7. The summed E-state index contributed by atoms with van der Waals surface area (Å²) in [7, 11) is 1.18. The van der Waals surface area contributed by atoms with Crippen molar-refractivity contribution in [3.8, 4) is 6.07 Å². The van der Waals surface area contributed by atoms with E-state index in [2.05, 4.69) is 9.72 Å². The second-order valence-electron chi connectivity index (χ2n) is 4.96. The van der Waals surface area contributed by atoms with Gasteiger partial charge in [-0.2, -0.15) is 5.26 Å². The first-order chi connectivity index (χ1) is 12.6. The second-order valence-corrected chi connectivity index (χ2v) is 4.96. The fourth-order valence-corrected chi connectivity index (χ4v) is 2.13. The lowest BCUT2D eigenvalue weighted by Gasteiger charge is -2.19. The third-order valence-electron chi connectivity index (χ3n) is 3.37. The van der Waals surface area contributed by atoms with E-state index in [1.165, 1.54) is 24.3 Å². The van der Waals surface area contributed by atoms with Crippen molar-refractivity contribution in [2.45, 2.75) is 0 Å². The Hall–Kier alpha value is -3.73. The van der Waals surface area contributed by atoms with Gasteiger partial charge in [-0.1, -0.05) is 18.2 Å². The minimum atomic E-state index is -0.892. The van der Waals surface area contributed by atoms with E-state index in [9.17, 15) is 14.4 Å². The average Bonchev–Trinajstić information content (AvgIpc) is 2.70. The van der Waals surface area contributed by atoms with Gasteiger partial charge in [-0.25, -0.2) is 9.59 Å². The summed E-state index contributed by atoms with van der Waals surface area (Å²) in [6.45, 7) is -0.786. The Labute approximate surface area is 149 Å². The van der Waals surface area contributed by atoms with Crippen LogP contribution in [-0.2, 0) is 14.3 Å². The molecule has 0 aliphatic carbocycles. The van der Waals surface area contributed by atoms with Gasteiger partial charge in [0.25, 0.3) is 5.91 Å². The minimum Gasteiger partial charge on any atom is -0.465 e. The lowest BCUT2D eigenvalue weighted by atomic mass is 10.1. The maximum atomic E-state index is 12.3. The second kappa shape index (κ2) is 8.94. The Bertz CT molecular complexity index is 845. The van der Waals surface area contributed by atoms with Gasteiger partial charge >= 0.3 is 11.9 Å². The zero-order valence-electron chi connectivity index (χ0n) is 13.9. The fraction of sp³-hybridized carbons (Fsp3) is 0.167. The molecule has 0 bridgehead atoms. The van der Waals surface area contributed by atoms with Gasteiger partial charge in [-0.05, 0) is 18.2 Å². The lowest BCUT2D eigenvalue weighted by Crippen LogP contribution is -2.35. The number of ether oxygens (including phenoxy) is 2. The van der Waals surface area contributed by atoms with E-state index in [1.807, 2.05) is 6.07 Å². The standard InChI is InChI=1S/C18H15N3O5/c1-25-17(23)14-7-9-20-11-15(14)18(24)26-12-16(22)21(10-8-19)13-5-3-2-4-6-13/h2-7,9,11H,10,12H2,1H3. The van der Waals surface area contributed by atoms with Crippen molar-refractivity contribution < 1.29 is 23.9 Å². The highest BCUT2D eigenvalue weighted by atomic mass is 16.5. The Balaban J connectivity index is 2.10. The van der Waals surface area contributed by atoms with Crippen LogP contribution in [0.2, 0.25) is 0 Å². The van der Waals surface area contributed by atoms with Crippen LogP contribution < -0.4 is 4.90 Å². The van der Waals surface area contributed by atoms with Crippen LogP contribution in [0.3, 0.4) is 0 Å². The zero-order valence-corrected chi connectivity index (χ0v) is 13.9. The Morgan fingerprint density at radius 3 is 2.50 bits per heavy atom. The molecule has 8 heteroatoms. The molecule has 0 aliphatic heterocycles. The Morgan fingerprint density at radius 1 is 1.12 bits per heavy atom. The Morgan fingerprint density at radius 2 is 1.85 bits per heavy atom. The van der Waals surface area contributed by atoms with Crippen LogP contribution in [0.15, 0.2) is 48.8 Å². The number of pyridine rings is 1. The maximum Gasteiger partial charge on any atom is 0.341 e. The van der Waals surface area contributed by atoms with E-state index in [1.54, 1.807) is 30.3 Å². The van der Waals surface area contributed by atoms with Gasteiger partial charge in [0, 0.05) is 18.1 Å². The molecule has 1 aromatic heterocycles. The molecular weight excluding hydrogens is 338 g/mol. The molecule has 1 heterocycles. The number of anilines is 1. The van der Waals surface area contributed by atoms with Gasteiger partial charge < -0.3 is 9.47 Å². The van der Waals surface area contributed by atoms with Gasteiger partial charge in [0.2, 0.25) is 0 Å². The van der Waals surface area contributed by atoms with E-state index < -0.39 is 24.5 Å². The maximum absolute atomic E-state index is 12.3. The molecule has 0 aliphatic rings. The molecule has 0 unspecified atom stereocenters. The number of esters is 2. The monoisotopic (exact) mass is 353 g/mol. The third-order valence-corrected chi connectivity index (χ3v) is 3.37. The average molecular weight is 353 g/mol. The van der Waals surface area contributed by atoms with Crippen LogP contribution in [0.5, 0.6) is 0 Å². The first-order valence-electron chi connectivity index (χ1n) is 7.50. The molecule has 0 fully saturated rings. The molecule has 0 saturated heterocycles. The smallest absolute Gasteiger partial charge is 0.341 e. The largest absolute Gasteiger partial charge is 0.465 e. The Kier molecular flexibility index (Phi) is 6.40. The van der Waals surface area contributed by atoms with Crippen molar-refractivity contribution >= 4 is 23.5 Å². The normalized spacial score (nSPS) is 9.69. The van der Waals surface area contributed by atoms with E-state index >= 15 is 0 Å². The first kappa shape index (κ1) is 18.6. The predicted octanol–water partition coefficient (Wildman–Crippen LogP) is 1.58. The molecule has 0 spiro atoms. The fourth-order valence-electron chi connectivity index (χ4n) is 2.13. The summed E-state index contributed by atoms with van der Waals surface area (Å²) >= 11 is 0. The number of aromatic nitrogens is 1. The van der Waals surface area contributed by atoms with Gasteiger partial charge in [-0.3, -0.25) is 14.7 Å². The van der Waals surface area contributed by atoms with Crippen molar-refractivity contribution in [3.05, 3.63) is 59.9 Å². The van der Waals surface area contributed by atoms with Crippen molar-refractivity contribution in [1.82, 2.24) is 4.98 Å². The number of rotatable bonds is 6. The zero-order chi connectivity index (χ0) is 18.9. The number of hydrogen-bond donors (Lipinski definition) is 0. The molecule has 1 amide bonds. The van der Waals surface area contributed by atoms with Crippen LogP contribution in [0.4, 0.5) is 5.69 Å². The molecule has 132 valence electrons. The van der Waals surface area contributed by atoms with E-state index in [0.29, 0.717) is 5.69 Å². The molecule has 1 aromatic carbocycles. The van der Waals surface area contributed by atoms with E-state index in [4.69, 9.17) is 10.00 Å². The SMILES string of the molecule is COC(=O)c1ccncc1C(=O)OCC(=O)N(CC#N)c1ccccc1. The molecule has 0 N–H and O–H groups in total. The molecule has 0 saturated carbocycles. The number of carbonyl (C=O) groups excluding carboxylic acids is 3. The van der Waals surface area contributed by atoms with Crippen LogP contribution in [0, 0.1) is 11.3 Å². The molecule has 2 rings (SSSR count). The number of benzene rings is 1. The first-order valence-corrected chi connectivity index (χ1v) is 7.50. The summed E-state index contributed by atoms with van der Waals surface area (Å²) in [5.74, 6) is -2.19. The topological polar surface area (TPSA) is 110 Å². The number of para-hydroxylation sites is 1. The summed E-state index contributed by atoms with van der Waals surface area (Å²) in [6.07, 6.45) is 2.49. The molecule has 26 heavy (non-hydrogen) atoms. The van der Waals surface area contributed by atoms with Crippen molar-refractivity contribution in [3.63, 3.8) is 0 Å². The van der Waals surface area contributed by atoms with E-state index in [0.717, 1.165) is 6.20 Å². The van der Waals surface area contributed by atoms with Crippen LogP contribution in [0.25, 0.3) is 0 Å². The summed E-state index contributed by atoms with van der Waals surface area (Å²) < 4.78 is 9.58. The van der Waals surface area contributed by atoms with Gasteiger partial charge in [0.1, 0.15) is 6.54 Å². The molecule has 0 atom stereocenters. The predicted molar refractivity (Wildman–Crippen MR) is 90.3 cm³/mol. The van der Waals surface area contributed by atoms with Gasteiger partial charge in [-0.15, -0.1) is 0 Å². The van der Waals surface area contributed by atoms with Crippen molar-refractivity contribution in [1.29, 1.82) is 5.26 Å². The highest BCUT2D eigenvalue weighted by Gasteiger charge is 2.22. The van der Waals surface area contributed by atoms with Gasteiger partial charge in [0.05, 0.1) is 24.3 Å². The van der Waals surface area contributed by atoms with Gasteiger partial charge in [0.15, 0.2) is 6.61 Å². The van der Waals surface area contributed by atoms with Crippen LogP contribution in [0.1, 0.15) is 20.7 Å². The molecule has 0 radical (unpaired) electrons. The highest BCUT2D eigenvalue weighted by Crippen LogP contribution is 2.14. The number of nitrogens with zero attached hydrogens (tertiary/aromatic N) is 3. The minimum absolute atomic E-state index is 0.0168. The molecular formula is C18H15N3O5. The number of amides is 1. The summed E-state index contributed by atoms with van der Waals surface area (Å²) in [5, 5.41) is 8.92. The number of methoxy groups -OCH3 is 1. The summed E-state index contributed by atoms with van der Waals surface area (Å²) in [5.41, 5.74) is 0.377. The number of carbonyl (C=O) groups is 3. The summed E-state index contributed by atoms with van der Waals surface area (Å²) in [4.78, 5) is 41.2. The van der Waals surface area contributed by atoms with Crippen LogP contribution in [-0.4, -0.2) is 43.1 Å². The third kappa shape index (κ3) is 4.42.